The van der Waals surface area contributed by atoms with Crippen molar-refractivity contribution >= 4 is 17.8 Å². The first-order valence-corrected chi connectivity index (χ1v) is 13.0. The van der Waals surface area contributed by atoms with E-state index in [1.54, 1.807) is 12.1 Å². The lowest BCUT2D eigenvalue weighted by molar-refractivity contribution is -0.292. The van der Waals surface area contributed by atoms with Crippen molar-refractivity contribution in [3.05, 3.63) is 83.1 Å². The molecule has 0 amide bonds. The molecule has 43 heavy (non-hydrogen) atoms. The predicted molar refractivity (Wildman–Crippen MR) is 147 cm³/mol. The largest absolute Gasteiger partial charge is 0.508 e. The normalized spacial score (nSPS) is 23.5. The standard InChI is InChI=1S/C30H28O13/c31-16-5-1-14(2-6-16)3-8-25(36)40-13-24-26(37)27(38)28(39)30(43-24)42-23-12-18-20(34)10-17(32)11-22(18)41-29(23)15-4-7-19(33)21(35)9-15/h1-11,24,26-28,30-35,37-39H,12-13H2/t24-,26-,27+,28-,30-/m1/s1. The van der Waals surface area contributed by atoms with E-state index in [-0.39, 0.29) is 52.1 Å². The van der Waals surface area contributed by atoms with Crippen molar-refractivity contribution in [2.45, 2.75) is 37.1 Å². The second kappa shape index (κ2) is 12.1. The summed E-state index contributed by atoms with van der Waals surface area (Å²) in [6.45, 7) is -0.527. The van der Waals surface area contributed by atoms with Gasteiger partial charge in [0.1, 0.15) is 59.8 Å². The van der Waals surface area contributed by atoms with E-state index in [1.807, 2.05) is 0 Å². The molecule has 1 saturated heterocycles. The Bertz CT molecular complexity index is 1560. The summed E-state index contributed by atoms with van der Waals surface area (Å²) in [4.78, 5) is 12.3. The SMILES string of the molecule is O=C(C=Cc1ccc(O)cc1)OC[C@H]1O[C@@H](OC2=C(c3ccc(O)c(O)c3)Oc3cc(O)cc(O)c3C2)[C@H](O)[C@@H](O)[C@@H]1O. The average Bonchev–Trinajstić information content (AvgIpc) is 2.98. The molecular weight excluding hydrogens is 568 g/mol. The average molecular weight is 597 g/mol. The minimum Gasteiger partial charge on any atom is -0.508 e. The van der Waals surface area contributed by atoms with E-state index in [0.717, 1.165) is 12.1 Å². The maximum Gasteiger partial charge on any atom is 0.330 e. The molecule has 226 valence electrons. The van der Waals surface area contributed by atoms with Crippen LogP contribution in [0.15, 0.2) is 66.4 Å². The van der Waals surface area contributed by atoms with Crippen molar-refractivity contribution in [3.63, 3.8) is 0 Å². The van der Waals surface area contributed by atoms with Crippen LogP contribution in [-0.4, -0.2) is 84.1 Å². The third kappa shape index (κ3) is 6.44. The Balaban J connectivity index is 1.36. The van der Waals surface area contributed by atoms with Crippen LogP contribution in [0.5, 0.6) is 34.5 Å². The molecule has 13 nitrogen and oxygen atoms in total. The molecule has 8 N–H and O–H groups in total. The highest BCUT2D eigenvalue weighted by molar-refractivity contribution is 5.87. The van der Waals surface area contributed by atoms with Gasteiger partial charge in [-0.3, -0.25) is 0 Å². The van der Waals surface area contributed by atoms with Gasteiger partial charge in [0.25, 0.3) is 0 Å². The molecule has 0 aromatic heterocycles. The van der Waals surface area contributed by atoms with Gasteiger partial charge in [-0.05, 0) is 42.0 Å². The highest BCUT2D eigenvalue weighted by Crippen LogP contribution is 2.43. The summed E-state index contributed by atoms with van der Waals surface area (Å²) in [6, 6.07) is 12.1. The number of esters is 1. The monoisotopic (exact) mass is 596 g/mol. The number of benzene rings is 3. The fourth-order valence-electron chi connectivity index (χ4n) is 4.53. The Morgan fingerprint density at radius 2 is 1.58 bits per heavy atom. The van der Waals surface area contributed by atoms with E-state index in [0.29, 0.717) is 5.56 Å². The topological polar surface area (TPSA) is 216 Å². The maximum absolute atomic E-state index is 12.3. The van der Waals surface area contributed by atoms with Crippen LogP contribution in [0, 0.1) is 0 Å². The summed E-state index contributed by atoms with van der Waals surface area (Å²) in [7, 11) is 0. The van der Waals surface area contributed by atoms with Gasteiger partial charge in [0.2, 0.25) is 6.29 Å². The number of ether oxygens (including phenoxy) is 4. The molecule has 5 rings (SSSR count). The number of aliphatic hydroxyl groups excluding tert-OH is 3. The predicted octanol–water partition coefficient (Wildman–Crippen LogP) is 1.60. The summed E-state index contributed by atoms with van der Waals surface area (Å²) in [6.07, 6.45) is -5.80. The number of phenolic OH excluding ortho intramolecular Hbond substituents is 5. The molecule has 2 heterocycles. The van der Waals surface area contributed by atoms with Gasteiger partial charge in [0.15, 0.2) is 17.3 Å². The molecule has 2 aliphatic heterocycles. The van der Waals surface area contributed by atoms with Crippen LogP contribution >= 0.6 is 0 Å². The molecule has 0 spiro atoms. The van der Waals surface area contributed by atoms with Crippen LogP contribution < -0.4 is 4.74 Å². The highest BCUT2D eigenvalue weighted by atomic mass is 16.7. The molecule has 0 saturated carbocycles. The minimum atomic E-state index is -1.78. The third-order valence-electron chi connectivity index (χ3n) is 6.83. The van der Waals surface area contributed by atoms with Crippen LogP contribution in [0.1, 0.15) is 16.7 Å². The van der Waals surface area contributed by atoms with Crippen LogP contribution in [0.3, 0.4) is 0 Å². The molecule has 13 heteroatoms. The number of fused-ring (bicyclic) bond motifs is 1. The zero-order chi connectivity index (χ0) is 30.8. The number of allylic oxidation sites excluding steroid dienone is 1. The minimum absolute atomic E-state index is 0.0356. The van der Waals surface area contributed by atoms with Gasteiger partial charge in [-0.1, -0.05) is 12.1 Å². The summed E-state index contributed by atoms with van der Waals surface area (Å²) < 4.78 is 22.6. The van der Waals surface area contributed by atoms with Crippen LogP contribution in [0.25, 0.3) is 11.8 Å². The van der Waals surface area contributed by atoms with Gasteiger partial charge in [-0.15, -0.1) is 0 Å². The molecule has 1 fully saturated rings. The molecule has 5 atom stereocenters. The molecule has 2 aliphatic rings. The maximum atomic E-state index is 12.3. The summed E-state index contributed by atoms with van der Waals surface area (Å²) in [5.74, 6) is -2.24. The van der Waals surface area contributed by atoms with Crippen molar-refractivity contribution in [3.8, 4) is 34.5 Å². The van der Waals surface area contributed by atoms with Crippen molar-refractivity contribution in [1.29, 1.82) is 0 Å². The van der Waals surface area contributed by atoms with Crippen molar-refractivity contribution in [1.82, 2.24) is 0 Å². The third-order valence-corrected chi connectivity index (χ3v) is 6.83. The number of phenols is 5. The number of rotatable bonds is 7. The first-order chi connectivity index (χ1) is 20.5. The van der Waals surface area contributed by atoms with Crippen molar-refractivity contribution < 1.29 is 64.6 Å². The quantitative estimate of drug-likeness (QED) is 0.111. The number of aromatic hydroxyl groups is 5. The van der Waals surface area contributed by atoms with Crippen LogP contribution in [0.2, 0.25) is 0 Å². The molecule has 0 bridgehead atoms. The summed E-state index contributed by atoms with van der Waals surface area (Å²) in [5.41, 5.74) is 1.02. The van der Waals surface area contributed by atoms with Gasteiger partial charge in [0, 0.05) is 35.8 Å². The van der Waals surface area contributed by atoms with Crippen molar-refractivity contribution in [2.75, 3.05) is 6.61 Å². The molecule has 3 aromatic rings. The van der Waals surface area contributed by atoms with E-state index >= 15 is 0 Å². The Morgan fingerprint density at radius 1 is 0.837 bits per heavy atom. The second-order valence-electron chi connectivity index (χ2n) is 9.86. The number of hydrogen-bond donors (Lipinski definition) is 8. The van der Waals surface area contributed by atoms with Gasteiger partial charge in [-0.2, -0.15) is 0 Å². The van der Waals surface area contributed by atoms with E-state index in [2.05, 4.69) is 0 Å². The second-order valence-corrected chi connectivity index (χ2v) is 9.86. The fourth-order valence-corrected chi connectivity index (χ4v) is 4.53. The fraction of sp³-hybridized carbons (Fsp3) is 0.233. The highest BCUT2D eigenvalue weighted by Gasteiger charge is 2.46. The number of carbonyl (C=O) groups excluding carboxylic acids is 1. The van der Waals surface area contributed by atoms with E-state index < -0.39 is 54.8 Å². The molecule has 0 unspecified atom stereocenters. The van der Waals surface area contributed by atoms with E-state index in [9.17, 15) is 45.6 Å². The van der Waals surface area contributed by atoms with Crippen LogP contribution in [-0.2, 0) is 25.4 Å². The summed E-state index contributed by atoms with van der Waals surface area (Å²) >= 11 is 0. The van der Waals surface area contributed by atoms with E-state index in [4.69, 9.17) is 18.9 Å². The zero-order valence-corrected chi connectivity index (χ0v) is 22.3. The van der Waals surface area contributed by atoms with Crippen molar-refractivity contribution in [2.24, 2.45) is 0 Å². The Hall–Kier alpha value is -4.95. The zero-order valence-electron chi connectivity index (χ0n) is 22.3. The van der Waals surface area contributed by atoms with Gasteiger partial charge in [-0.25, -0.2) is 4.79 Å². The molecule has 0 radical (unpaired) electrons. The van der Waals surface area contributed by atoms with Gasteiger partial charge >= 0.3 is 5.97 Å². The van der Waals surface area contributed by atoms with Gasteiger partial charge < -0.3 is 59.8 Å². The first kappa shape index (κ1) is 29.5. The lowest BCUT2D eigenvalue weighted by Gasteiger charge is -2.40. The lowest BCUT2D eigenvalue weighted by atomic mass is 9.98. The number of carbonyl (C=O) groups is 1. The smallest absolute Gasteiger partial charge is 0.330 e. The summed E-state index contributed by atoms with van der Waals surface area (Å²) in [5, 5.41) is 81.2. The molecule has 0 aliphatic carbocycles. The Kier molecular flexibility index (Phi) is 8.32. The number of hydrogen-bond acceptors (Lipinski definition) is 13. The van der Waals surface area contributed by atoms with Crippen LogP contribution in [0.4, 0.5) is 0 Å². The molecular formula is C30H28O13. The van der Waals surface area contributed by atoms with E-state index in [1.165, 1.54) is 42.5 Å². The lowest BCUT2D eigenvalue weighted by Crippen LogP contribution is -2.59. The molecule has 3 aromatic carbocycles. The first-order valence-electron chi connectivity index (χ1n) is 13.0. The van der Waals surface area contributed by atoms with Gasteiger partial charge in [0.05, 0.1) is 0 Å². The Morgan fingerprint density at radius 3 is 2.30 bits per heavy atom. The number of aliphatic hydroxyl groups is 3. The Labute approximate surface area is 244 Å².